The summed E-state index contributed by atoms with van der Waals surface area (Å²) in [5, 5.41) is 8.72. The second kappa shape index (κ2) is 4.45. The van der Waals surface area contributed by atoms with E-state index in [1.807, 2.05) is 0 Å². The molecule has 0 bridgehead atoms. The number of hydrogen-bond donors (Lipinski definition) is 1. The smallest absolute Gasteiger partial charge is 0.0431 e. The van der Waals surface area contributed by atoms with Crippen LogP contribution in [-0.2, 0) is 0 Å². The second-order valence-electron chi connectivity index (χ2n) is 5.22. The Morgan fingerprint density at radius 2 is 1.92 bits per heavy atom. The number of hydrogen-bond acceptors (Lipinski definition) is 1. The number of unbranched alkanes of at least 4 members (excludes halogenated alkanes) is 1. The first-order valence-electron chi connectivity index (χ1n) is 5.70. The van der Waals surface area contributed by atoms with Crippen LogP contribution in [0.15, 0.2) is 0 Å². The molecule has 0 aromatic heterocycles. The van der Waals surface area contributed by atoms with Crippen LogP contribution in [0.1, 0.15) is 52.9 Å². The summed E-state index contributed by atoms with van der Waals surface area (Å²) < 4.78 is 0. The van der Waals surface area contributed by atoms with Crippen LogP contribution in [0.2, 0.25) is 0 Å². The van der Waals surface area contributed by atoms with E-state index in [2.05, 4.69) is 20.8 Å². The van der Waals surface area contributed by atoms with Crippen LogP contribution in [0.3, 0.4) is 0 Å². The number of aliphatic hydroxyl groups is 1. The summed E-state index contributed by atoms with van der Waals surface area (Å²) in [6.45, 7) is 7.57. The van der Waals surface area contributed by atoms with Crippen LogP contribution < -0.4 is 0 Å². The molecule has 1 N–H and O–H groups in total. The summed E-state index contributed by atoms with van der Waals surface area (Å²) >= 11 is 0. The maximum absolute atomic E-state index is 8.72. The molecule has 0 aromatic carbocycles. The molecule has 0 heterocycles. The zero-order chi connectivity index (χ0) is 9.90. The quantitative estimate of drug-likeness (QED) is 0.665. The van der Waals surface area contributed by atoms with Gasteiger partial charge in [-0.05, 0) is 42.9 Å². The minimum Gasteiger partial charge on any atom is -0.396 e. The molecule has 2 unspecified atom stereocenters. The summed E-state index contributed by atoms with van der Waals surface area (Å²) in [7, 11) is 0. The van der Waals surface area contributed by atoms with Crippen LogP contribution >= 0.6 is 0 Å². The SMILES string of the molecule is CC1CCC(CCCCO)C1(C)C. The molecule has 0 aliphatic heterocycles. The summed E-state index contributed by atoms with van der Waals surface area (Å²) in [5.74, 6) is 1.78. The van der Waals surface area contributed by atoms with E-state index in [9.17, 15) is 0 Å². The molecule has 78 valence electrons. The highest BCUT2D eigenvalue weighted by atomic mass is 16.2. The minimum atomic E-state index is 0.364. The van der Waals surface area contributed by atoms with Crippen LogP contribution in [0.4, 0.5) is 0 Å². The van der Waals surface area contributed by atoms with E-state index in [0.29, 0.717) is 12.0 Å². The Labute approximate surface area is 82.5 Å². The third-order valence-corrected chi connectivity index (χ3v) is 4.23. The molecule has 1 heteroatoms. The molecule has 2 atom stereocenters. The predicted octanol–water partition coefficient (Wildman–Crippen LogP) is 3.22. The molecule has 0 saturated heterocycles. The highest BCUT2D eigenvalue weighted by Gasteiger charge is 2.39. The summed E-state index contributed by atoms with van der Waals surface area (Å²) in [6, 6.07) is 0. The lowest BCUT2D eigenvalue weighted by atomic mass is 9.74. The Kier molecular flexibility index (Phi) is 3.78. The van der Waals surface area contributed by atoms with Crippen LogP contribution in [-0.4, -0.2) is 11.7 Å². The van der Waals surface area contributed by atoms with Gasteiger partial charge in [-0.2, -0.15) is 0 Å². The molecule has 1 rings (SSSR count). The average molecular weight is 184 g/mol. The lowest BCUT2D eigenvalue weighted by Crippen LogP contribution is -2.23. The fraction of sp³-hybridized carbons (Fsp3) is 1.00. The van der Waals surface area contributed by atoms with E-state index < -0.39 is 0 Å². The van der Waals surface area contributed by atoms with Gasteiger partial charge in [0.1, 0.15) is 0 Å². The molecule has 0 aromatic rings. The maximum atomic E-state index is 8.72. The van der Waals surface area contributed by atoms with E-state index in [0.717, 1.165) is 18.3 Å². The number of aliphatic hydroxyl groups excluding tert-OH is 1. The topological polar surface area (TPSA) is 20.2 Å². The third kappa shape index (κ3) is 2.46. The van der Waals surface area contributed by atoms with Crippen LogP contribution in [0.5, 0.6) is 0 Å². The van der Waals surface area contributed by atoms with Gasteiger partial charge in [0.25, 0.3) is 0 Å². The lowest BCUT2D eigenvalue weighted by Gasteiger charge is -2.31. The van der Waals surface area contributed by atoms with Gasteiger partial charge >= 0.3 is 0 Å². The molecule has 0 amide bonds. The van der Waals surface area contributed by atoms with Crippen molar-refractivity contribution in [1.29, 1.82) is 0 Å². The van der Waals surface area contributed by atoms with Gasteiger partial charge in [0.05, 0.1) is 0 Å². The molecule has 1 aliphatic rings. The second-order valence-corrected chi connectivity index (χ2v) is 5.22. The lowest BCUT2D eigenvalue weighted by molar-refractivity contribution is 0.180. The van der Waals surface area contributed by atoms with Gasteiger partial charge in [-0.3, -0.25) is 0 Å². The van der Waals surface area contributed by atoms with Crippen LogP contribution in [0.25, 0.3) is 0 Å². The Hall–Kier alpha value is -0.0400. The molecule has 1 nitrogen and oxygen atoms in total. The first kappa shape index (κ1) is 11.0. The zero-order valence-corrected chi connectivity index (χ0v) is 9.34. The number of rotatable bonds is 4. The predicted molar refractivity (Wildman–Crippen MR) is 56.6 cm³/mol. The Balaban J connectivity index is 2.34. The summed E-state index contributed by atoms with van der Waals surface area (Å²) in [5.41, 5.74) is 0.537. The monoisotopic (exact) mass is 184 g/mol. The Morgan fingerprint density at radius 3 is 2.38 bits per heavy atom. The molecule has 13 heavy (non-hydrogen) atoms. The molecular formula is C12H24O. The third-order valence-electron chi connectivity index (χ3n) is 4.23. The van der Waals surface area contributed by atoms with Crippen molar-refractivity contribution in [2.45, 2.75) is 52.9 Å². The van der Waals surface area contributed by atoms with Crippen molar-refractivity contribution in [3.8, 4) is 0 Å². The fourth-order valence-corrected chi connectivity index (χ4v) is 2.62. The van der Waals surface area contributed by atoms with E-state index in [-0.39, 0.29) is 0 Å². The van der Waals surface area contributed by atoms with Crippen molar-refractivity contribution in [1.82, 2.24) is 0 Å². The zero-order valence-electron chi connectivity index (χ0n) is 9.34. The van der Waals surface area contributed by atoms with Crippen LogP contribution in [0, 0.1) is 17.3 Å². The molecule has 1 fully saturated rings. The Bertz CT molecular complexity index is 151. The normalized spacial score (nSPS) is 32.3. The Morgan fingerprint density at radius 1 is 1.23 bits per heavy atom. The standard InChI is InChI=1S/C12H24O/c1-10-7-8-11(12(10,2)3)6-4-5-9-13/h10-11,13H,4-9H2,1-3H3. The van der Waals surface area contributed by atoms with Gasteiger partial charge in [-0.15, -0.1) is 0 Å². The highest BCUT2D eigenvalue weighted by Crippen LogP contribution is 2.48. The maximum Gasteiger partial charge on any atom is 0.0431 e. The van der Waals surface area contributed by atoms with E-state index in [1.165, 1.54) is 25.7 Å². The van der Waals surface area contributed by atoms with Crippen molar-refractivity contribution in [2.24, 2.45) is 17.3 Å². The van der Waals surface area contributed by atoms with Crippen molar-refractivity contribution in [2.75, 3.05) is 6.61 Å². The van der Waals surface area contributed by atoms with Crippen molar-refractivity contribution in [3.05, 3.63) is 0 Å². The summed E-state index contributed by atoms with van der Waals surface area (Å²) in [6.07, 6.45) is 6.31. The van der Waals surface area contributed by atoms with Gasteiger partial charge in [-0.1, -0.05) is 27.2 Å². The highest BCUT2D eigenvalue weighted by molar-refractivity contribution is 4.89. The van der Waals surface area contributed by atoms with Gasteiger partial charge in [0.2, 0.25) is 0 Å². The van der Waals surface area contributed by atoms with Gasteiger partial charge in [0, 0.05) is 6.61 Å². The molecule has 1 aliphatic carbocycles. The van der Waals surface area contributed by atoms with Gasteiger partial charge < -0.3 is 5.11 Å². The largest absolute Gasteiger partial charge is 0.396 e. The molecule has 0 radical (unpaired) electrons. The van der Waals surface area contributed by atoms with Crippen molar-refractivity contribution >= 4 is 0 Å². The minimum absolute atomic E-state index is 0.364. The molecule has 0 spiro atoms. The molecule has 1 saturated carbocycles. The van der Waals surface area contributed by atoms with E-state index in [1.54, 1.807) is 0 Å². The van der Waals surface area contributed by atoms with Crippen molar-refractivity contribution < 1.29 is 5.11 Å². The van der Waals surface area contributed by atoms with Gasteiger partial charge in [0.15, 0.2) is 0 Å². The van der Waals surface area contributed by atoms with Gasteiger partial charge in [-0.25, -0.2) is 0 Å². The first-order chi connectivity index (χ1) is 6.09. The van der Waals surface area contributed by atoms with E-state index >= 15 is 0 Å². The summed E-state index contributed by atoms with van der Waals surface area (Å²) in [4.78, 5) is 0. The first-order valence-corrected chi connectivity index (χ1v) is 5.70. The average Bonchev–Trinajstić information content (AvgIpc) is 2.32. The van der Waals surface area contributed by atoms with E-state index in [4.69, 9.17) is 5.11 Å². The fourth-order valence-electron chi connectivity index (χ4n) is 2.62. The molecular weight excluding hydrogens is 160 g/mol. The van der Waals surface area contributed by atoms with Crippen molar-refractivity contribution in [3.63, 3.8) is 0 Å².